The molecular formula is C17H20N2S2. The molecule has 0 aliphatic heterocycles. The second kappa shape index (κ2) is 6.60. The molecule has 2 nitrogen and oxygen atoms in total. The lowest BCUT2D eigenvalue weighted by Crippen LogP contribution is -2.20. The van der Waals surface area contributed by atoms with Gasteiger partial charge in [-0.1, -0.05) is 18.2 Å². The number of anilines is 1. The molecule has 3 rings (SSSR count). The normalized spacial score (nSPS) is 12.8. The zero-order valence-corrected chi connectivity index (χ0v) is 13.8. The van der Waals surface area contributed by atoms with Gasteiger partial charge in [0.2, 0.25) is 0 Å². The van der Waals surface area contributed by atoms with Gasteiger partial charge in [-0.25, -0.2) is 0 Å². The van der Waals surface area contributed by atoms with Crippen LogP contribution >= 0.6 is 22.7 Å². The molecule has 2 heterocycles. The lowest BCUT2D eigenvalue weighted by molar-refractivity contribution is 0.562. The van der Waals surface area contributed by atoms with Crippen LogP contribution in [0.25, 0.3) is 10.1 Å². The highest BCUT2D eigenvalue weighted by molar-refractivity contribution is 7.17. The van der Waals surface area contributed by atoms with Crippen LogP contribution in [0.4, 0.5) is 5.00 Å². The van der Waals surface area contributed by atoms with Gasteiger partial charge in [-0.15, -0.1) is 22.7 Å². The standard InChI is InChI=1S/C17H20N2S2/c1-12(15-11-20-16-7-3-2-6-14(15)16)19-8-4-5-13-9-17(18)21-10-13/h2-3,6-7,9-12,19H,4-5,8,18H2,1H3. The van der Waals surface area contributed by atoms with Gasteiger partial charge in [0.25, 0.3) is 0 Å². The lowest BCUT2D eigenvalue weighted by atomic mass is 10.1. The largest absolute Gasteiger partial charge is 0.391 e. The van der Waals surface area contributed by atoms with Crippen LogP contribution in [0.1, 0.15) is 30.5 Å². The molecule has 0 saturated carbocycles. The number of rotatable bonds is 6. The van der Waals surface area contributed by atoms with E-state index in [0.29, 0.717) is 6.04 Å². The van der Waals surface area contributed by atoms with E-state index in [2.05, 4.69) is 53.3 Å². The predicted octanol–water partition coefficient (Wildman–Crippen LogP) is 4.83. The fourth-order valence-electron chi connectivity index (χ4n) is 2.58. The molecule has 0 saturated heterocycles. The molecule has 0 radical (unpaired) electrons. The van der Waals surface area contributed by atoms with Crippen LogP contribution in [0.15, 0.2) is 41.1 Å². The number of nitrogen functional groups attached to an aromatic ring is 1. The number of benzene rings is 1. The van der Waals surface area contributed by atoms with E-state index in [9.17, 15) is 0 Å². The van der Waals surface area contributed by atoms with E-state index in [-0.39, 0.29) is 0 Å². The fourth-order valence-corrected chi connectivity index (χ4v) is 4.33. The third-order valence-electron chi connectivity index (χ3n) is 3.74. The number of nitrogens with one attached hydrogen (secondary N) is 1. The molecular weight excluding hydrogens is 296 g/mol. The minimum atomic E-state index is 0.397. The van der Waals surface area contributed by atoms with Gasteiger partial charge in [-0.05, 0) is 65.7 Å². The van der Waals surface area contributed by atoms with Crippen LogP contribution < -0.4 is 11.1 Å². The summed E-state index contributed by atoms with van der Waals surface area (Å²) in [7, 11) is 0. The molecule has 0 bridgehead atoms. The molecule has 3 aromatic rings. The van der Waals surface area contributed by atoms with Crippen LogP contribution in [0.5, 0.6) is 0 Å². The molecule has 1 unspecified atom stereocenters. The Hall–Kier alpha value is -1.36. The third-order valence-corrected chi connectivity index (χ3v) is 5.54. The van der Waals surface area contributed by atoms with Gasteiger partial charge < -0.3 is 11.1 Å². The minimum absolute atomic E-state index is 0.397. The van der Waals surface area contributed by atoms with E-state index in [1.54, 1.807) is 11.3 Å². The zero-order valence-electron chi connectivity index (χ0n) is 12.1. The summed E-state index contributed by atoms with van der Waals surface area (Å²) in [6, 6.07) is 11.1. The first-order valence-corrected chi connectivity index (χ1v) is 9.02. The second-order valence-electron chi connectivity index (χ2n) is 5.32. The Labute approximate surface area is 133 Å². The first kappa shape index (κ1) is 14.6. The number of hydrogen-bond donors (Lipinski definition) is 2. The average Bonchev–Trinajstić information content (AvgIpc) is 3.09. The summed E-state index contributed by atoms with van der Waals surface area (Å²) in [5.74, 6) is 0. The van der Waals surface area contributed by atoms with E-state index in [0.717, 1.165) is 24.4 Å². The topological polar surface area (TPSA) is 38.0 Å². The monoisotopic (exact) mass is 316 g/mol. The summed E-state index contributed by atoms with van der Waals surface area (Å²) in [6.45, 7) is 3.28. The van der Waals surface area contributed by atoms with Gasteiger partial charge in [-0.3, -0.25) is 0 Å². The summed E-state index contributed by atoms with van der Waals surface area (Å²) < 4.78 is 1.37. The smallest absolute Gasteiger partial charge is 0.0859 e. The first-order chi connectivity index (χ1) is 10.2. The maximum atomic E-state index is 5.75. The summed E-state index contributed by atoms with van der Waals surface area (Å²) in [6.07, 6.45) is 2.24. The van der Waals surface area contributed by atoms with Crippen molar-refractivity contribution in [2.24, 2.45) is 0 Å². The van der Waals surface area contributed by atoms with Crippen molar-refractivity contribution in [3.63, 3.8) is 0 Å². The van der Waals surface area contributed by atoms with Crippen LogP contribution in [0.3, 0.4) is 0 Å². The van der Waals surface area contributed by atoms with E-state index < -0.39 is 0 Å². The number of aryl methyl sites for hydroxylation is 1. The molecule has 21 heavy (non-hydrogen) atoms. The van der Waals surface area contributed by atoms with Crippen molar-refractivity contribution in [2.75, 3.05) is 12.3 Å². The molecule has 0 aliphatic carbocycles. The number of hydrogen-bond acceptors (Lipinski definition) is 4. The summed E-state index contributed by atoms with van der Waals surface area (Å²) in [5, 5.41) is 10.4. The van der Waals surface area contributed by atoms with Crippen LogP contribution in [0, 0.1) is 0 Å². The highest BCUT2D eigenvalue weighted by atomic mass is 32.1. The highest BCUT2D eigenvalue weighted by Gasteiger charge is 2.10. The Morgan fingerprint density at radius 1 is 1.19 bits per heavy atom. The maximum absolute atomic E-state index is 5.75. The van der Waals surface area contributed by atoms with E-state index in [4.69, 9.17) is 5.73 Å². The van der Waals surface area contributed by atoms with Crippen LogP contribution in [-0.2, 0) is 6.42 Å². The van der Waals surface area contributed by atoms with Crippen LogP contribution in [-0.4, -0.2) is 6.54 Å². The van der Waals surface area contributed by atoms with Crippen molar-refractivity contribution in [3.8, 4) is 0 Å². The van der Waals surface area contributed by atoms with Gasteiger partial charge in [0.05, 0.1) is 5.00 Å². The molecule has 110 valence electrons. The second-order valence-corrected chi connectivity index (χ2v) is 7.18. The van der Waals surface area contributed by atoms with Gasteiger partial charge in [0, 0.05) is 10.7 Å². The average molecular weight is 316 g/mol. The Morgan fingerprint density at radius 3 is 2.86 bits per heavy atom. The number of nitrogens with two attached hydrogens (primary N) is 1. The summed E-state index contributed by atoms with van der Waals surface area (Å²) >= 11 is 3.46. The van der Waals surface area contributed by atoms with Gasteiger partial charge in [-0.2, -0.15) is 0 Å². The molecule has 1 atom stereocenters. The summed E-state index contributed by atoms with van der Waals surface area (Å²) in [5.41, 5.74) is 8.52. The molecule has 4 heteroatoms. The Balaban J connectivity index is 1.53. The van der Waals surface area contributed by atoms with Crippen molar-refractivity contribution in [1.82, 2.24) is 5.32 Å². The highest BCUT2D eigenvalue weighted by Crippen LogP contribution is 2.29. The molecule has 1 aromatic carbocycles. The maximum Gasteiger partial charge on any atom is 0.0859 e. The lowest BCUT2D eigenvalue weighted by Gasteiger charge is -2.13. The summed E-state index contributed by atoms with van der Waals surface area (Å²) in [4.78, 5) is 0. The molecule has 0 spiro atoms. The molecule has 0 aliphatic rings. The molecule has 3 N–H and O–H groups in total. The van der Waals surface area contributed by atoms with Crippen molar-refractivity contribution in [1.29, 1.82) is 0 Å². The fraction of sp³-hybridized carbons (Fsp3) is 0.294. The molecule has 0 amide bonds. The van der Waals surface area contributed by atoms with Crippen molar-refractivity contribution in [2.45, 2.75) is 25.8 Å². The third kappa shape index (κ3) is 3.46. The van der Waals surface area contributed by atoms with E-state index >= 15 is 0 Å². The minimum Gasteiger partial charge on any atom is -0.391 e. The zero-order chi connectivity index (χ0) is 14.7. The van der Waals surface area contributed by atoms with Gasteiger partial charge in [0.1, 0.15) is 0 Å². The van der Waals surface area contributed by atoms with Crippen molar-refractivity contribution >= 4 is 37.8 Å². The van der Waals surface area contributed by atoms with Crippen LogP contribution in [0.2, 0.25) is 0 Å². The Morgan fingerprint density at radius 2 is 2.05 bits per heavy atom. The molecule has 0 fully saturated rings. The molecule has 2 aromatic heterocycles. The first-order valence-electron chi connectivity index (χ1n) is 7.26. The number of fused-ring (bicyclic) bond motifs is 1. The number of thiophene rings is 2. The van der Waals surface area contributed by atoms with Crippen molar-refractivity contribution < 1.29 is 0 Å². The SMILES string of the molecule is CC(NCCCc1csc(N)c1)c1csc2ccccc12. The Bertz CT molecular complexity index is 714. The van der Waals surface area contributed by atoms with Crippen molar-refractivity contribution in [3.05, 3.63) is 52.2 Å². The Kier molecular flexibility index (Phi) is 4.58. The predicted molar refractivity (Wildman–Crippen MR) is 95.3 cm³/mol. The van der Waals surface area contributed by atoms with E-state index in [1.165, 1.54) is 21.2 Å². The van der Waals surface area contributed by atoms with Gasteiger partial charge >= 0.3 is 0 Å². The van der Waals surface area contributed by atoms with Gasteiger partial charge in [0.15, 0.2) is 0 Å². The van der Waals surface area contributed by atoms with E-state index in [1.807, 2.05) is 11.3 Å². The quantitative estimate of drug-likeness (QED) is 0.639.